The maximum Gasteiger partial charge on any atom is 0.267 e. The molecular weight excluding hydrogens is 480 g/mol. The molecule has 0 atom stereocenters. The lowest BCUT2D eigenvalue weighted by atomic mass is 9.86. The molecule has 2 aromatic carbocycles. The molecule has 1 aromatic heterocycles. The lowest BCUT2D eigenvalue weighted by molar-refractivity contribution is 0.0976. The number of carbonyl (C=O) groups is 1. The molecule has 1 heterocycles. The van der Waals surface area contributed by atoms with Gasteiger partial charge >= 0.3 is 0 Å². The van der Waals surface area contributed by atoms with E-state index in [9.17, 15) is 9.59 Å². The van der Waals surface area contributed by atoms with E-state index in [1.807, 2.05) is 41.9 Å². The highest BCUT2D eigenvalue weighted by atomic mass is 35.5. The third kappa shape index (κ3) is 7.64. The first-order valence-corrected chi connectivity index (χ1v) is 12.0. The fourth-order valence-electron chi connectivity index (χ4n) is 3.99. The first-order chi connectivity index (χ1) is 17.4. The van der Waals surface area contributed by atoms with Crippen molar-refractivity contribution in [3.8, 4) is 11.3 Å². The number of hydrazone groups is 1. The Bertz CT molecular complexity index is 1220. The zero-order valence-corrected chi connectivity index (χ0v) is 20.6. The molecule has 10 nitrogen and oxygen atoms in total. The number of rotatable bonds is 5. The Morgan fingerprint density at radius 3 is 2.39 bits per heavy atom. The summed E-state index contributed by atoms with van der Waals surface area (Å²) in [6.07, 6.45) is 3.76. The van der Waals surface area contributed by atoms with Crippen molar-refractivity contribution in [2.45, 2.75) is 31.7 Å². The second-order valence-corrected chi connectivity index (χ2v) is 8.80. The van der Waals surface area contributed by atoms with Crippen LogP contribution in [-0.2, 0) is 0 Å². The molecule has 0 saturated heterocycles. The Kier molecular flexibility index (Phi) is 9.99. The molecule has 3 aromatic rings. The van der Waals surface area contributed by atoms with E-state index in [2.05, 4.69) is 15.5 Å². The highest BCUT2D eigenvalue weighted by molar-refractivity contribution is 6.30. The summed E-state index contributed by atoms with van der Waals surface area (Å²) in [7, 11) is 0. The molecule has 0 unspecified atom stereocenters. The number of guanidine groups is 1. The van der Waals surface area contributed by atoms with Crippen molar-refractivity contribution in [3.05, 3.63) is 87.7 Å². The van der Waals surface area contributed by atoms with E-state index >= 15 is 0 Å². The fourth-order valence-corrected chi connectivity index (χ4v) is 4.13. The maximum absolute atomic E-state index is 12.4. The van der Waals surface area contributed by atoms with Crippen LogP contribution in [0, 0.1) is 5.92 Å². The molecule has 11 heteroatoms. The first kappa shape index (κ1) is 26.9. The van der Waals surface area contributed by atoms with Gasteiger partial charge in [0.25, 0.3) is 11.5 Å². The monoisotopic (exact) mass is 510 g/mol. The molecule has 1 aliphatic rings. The first-order valence-electron chi connectivity index (χ1n) is 11.6. The van der Waals surface area contributed by atoms with Crippen LogP contribution >= 0.6 is 11.6 Å². The molecule has 36 heavy (non-hydrogen) atoms. The van der Waals surface area contributed by atoms with E-state index in [1.54, 1.807) is 28.9 Å². The van der Waals surface area contributed by atoms with Gasteiger partial charge in [-0.05, 0) is 68.5 Å². The molecule has 1 saturated carbocycles. The van der Waals surface area contributed by atoms with E-state index in [4.69, 9.17) is 28.9 Å². The van der Waals surface area contributed by atoms with Gasteiger partial charge in [0.05, 0.1) is 11.7 Å². The summed E-state index contributed by atoms with van der Waals surface area (Å²) < 4.78 is 1.56. The summed E-state index contributed by atoms with van der Waals surface area (Å²) in [4.78, 5) is 24.7. The van der Waals surface area contributed by atoms with Gasteiger partial charge in [-0.15, -0.1) is 5.10 Å². The zero-order valence-electron chi connectivity index (χ0n) is 19.8. The fraction of sp³-hybridized carbons (Fsp3) is 0.280. The second-order valence-electron chi connectivity index (χ2n) is 8.37. The smallest absolute Gasteiger partial charge is 0.267 e. The minimum Gasteiger partial charge on any atom is -0.368 e. The summed E-state index contributed by atoms with van der Waals surface area (Å²) in [6, 6.07) is 19.6. The number of carbonyl (C=O) groups excluding carboxylic acids is 1. The van der Waals surface area contributed by atoms with Crippen LogP contribution in [0.3, 0.4) is 0 Å². The van der Waals surface area contributed by atoms with Crippen LogP contribution in [0.4, 0.5) is 0 Å². The van der Waals surface area contributed by atoms with Crippen LogP contribution in [0.5, 0.6) is 0 Å². The Hall–Kier alpha value is -3.73. The summed E-state index contributed by atoms with van der Waals surface area (Å²) in [6.45, 7) is 0.681. The molecule has 1 fully saturated rings. The molecule has 1 amide bonds. The van der Waals surface area contributed by atoms with E-state index in [0.29, 0.717) is 23.7 Å². The average molecular weight is 511 g/mol. The number of benzene rings is 2. The van der Waals surface area contributed by atoms with Crippen molar-refractivity contribution >= 4 is 23.5 Å². The predicted octanol–water partition coefficient (Wildman–Crippen LogP) is 2.36. The number of halogens is 1. The number of aromatic nitrogens is 2. The van der Waals surface area contributed by atoms with Gasteiger partial charge in [-0.1, -0.05) is 41.9 Å². The van der Waals surface area contributed by atoms with Gasteiger partial charge in [0.15, 0.2) is 0 Å². The Labute approximate surface area is 214 Å². The van der Waals surface area contributed by atoms with Crippen molar-refractivity contribution in [2.75, 3.05) is 6.54 Å². The molecule has 1 aliphatic carbocycles. The lowest BCUT2D eigenvalue weighted by Crippen LogP contribution is -2.39. The lowest BCUT2D eigenvalue weighted by Gasteiger charge is -2.28. The summed E-state index contributed by atoms with van der Waals surface area (Å²) in [5.41, 5.74) is 14.9. The molecule has 0 bridgehead atoms. The van der Waals surface area contributed by atoms with Gasteiger partial charge in [0.2, 0.25) is 5.96 Å². The van der Waals surface area contributed by atoms with E-state index in [0.717, 1.165) is 36.3 Å². The van der Waals surface area contributed by atoms with Crippen LogP contribution in [0.15, 0.2) is 76.6 Å². The van der Waals surface area contributed by atoms with Crippen LogP contribution in [0.25, 0.3) is 11.3 Å². The third-order valence-electron chi connectivity index (χ3n) is 5.90. The molecule has 0 spiro atoms. The van der Waals surface area contributed by atoms with Crippen LogP contribution in [-0.4, -0.2) is 28.2 Å². The predicted molar refractivity (Wildman–Crippen MR) is 142 cm³/mol. The highest BCUT2D eigenvalue weighted by Crippen LogP contribution is 2.30. The molecule has 0 radical (unpaired) electrons. The number of hydrogen-bond acceptors (Lipinski definition) is 7. The minimum atomic E-state index is -0.434. The van der Waals surface area contributed by atoms with E-state index in [-0.39, 0.29) is 17.6 Å². The quantitative estimate of drug-likeness (QED) is 0.152. The molecule has 8 N–H and O–H groups in total. The van der Waals surface area contributed by atoms with Gasteiger partial charge < -0.3 is 11.5 Å². The van der Waals surface area contributed by atoms with Crippen molar-refractivity contribution in [2.24, 2.45) is 28.3 Å². The van der Waals surface area contributed by atoms with Gasteiger partial charge in [-0.3, -0.25) is 14.9 Å². The van der Waals surface area contributed by atoms with Gasteiger partial charge in [0, 0.05) is 22.2 Å². The standard InChI is InChI=1S/C19H26N8O2.C6H5Cl/c20-11-12-4-6-15(7-5-12)27-17(28)9-8-16(25-27)13-2-1-3-14(10-13)18(29)23-19(21)24-26-22;7-6-4-2-1-3-5-6/h1-3,8-10,12,15,26H,4-7,11,20,22H2,(H3,21,23,24,29);1-5H. The zero-order chi connectivity index (χ0) is 25.9. The van der Waals surface area contributed by atoms with Crippen LogP contribution in [0.1, 0.15) is 42.1 Å². The second kappa shape index (κ2) is 13.4. The van der Waals surface area contributed by atoms with Crippen LogP contribution < -0.4 is 33.7 Å². The number of hydrazine groups is 1. The molecular formula is C25H31ClN8O2. The summed E-state index contributed by atoms with van der Waals surface area (Å²) >= 11 is 5.54. The largest absolute Gasteiger partial charge is 0.368 e. The van der Waals surface area contributed by atoms with Crippen molar-refractivity contribution < 1.29 is 4.79 Å². The normalized spacial score (nSPS) is 17.5. The molecule has 0 aliphatic heterocycles. The topological polar surface area (TPSA) is 166 Å². The number of nitrogens with zero attached hydrogens (tertiary/aromatic N) is 3. The van der Waals surface area contributed by atoms with Gasteiger partial charge in [-0.25, -0.2) is 16.1 Å². The van der Waals surface area contributed by atoms with E-state index < -0.39 is 5.91 Å². The number of amides is 1. The highest BCUT2D eigenvalue weighted by Gasteiger charge is 2.23. The SMILES string of the molecule is Clc1ccccc1.NCC1CCC(n2nc(-c3cccc(C(=O)N/C(N)=N/NN)c3)ccc2=O)CC1. The Morgan fingerprint density at radius 1 is 1.06 bits per heavy atom. The number of hydrogen-bond donors (Lipinski definition) is 5. The summed E-state index contributed by atoms with van der Waals surface area (Å²) in [5.74, 6) is 4.97. The summed E-state index contributed by atoms with van der Waals surface area (Å²) in [5, 5.41) is 11.3. The minimum absolute atomic E-state index is 0.0662. The van der Waals surface area contributed by atoms with E-state index in [1.165, 1.54) is 6.07 Å². The molecule has 4 rings (SSSR count). The van der Waals surface area contributed by atoms with Gasteiger partial charge in [0.1, 0.15) is 0 Å². The average Bonchev–Trinajstić information content (AvgIpc) is 2.90. The van der Waals surface area contributed by atoms with Crippen LogP contribution in [0.2, 0.25) is 5.02 Å². The Morgan fingerprint density at radius 2 is 1.78 bits per heavy atom. The maximum atomic E-state index is 12.4. The number of nitrogens with one attached hydrogen (secondary N) is 2. The van der Waals surface area contributed by atoms with Crippen molar-refractivity contribution in [1.82, 2.24) is 20.6 Å². The van der Waals surface area contributed by atoms with Crippen molar-refractivity contribution in [3.63, 3.8) is 0 Å². The number of nitrogens with two attached hydrogens (primary N) is 3. The molecule has 190 valence electrons. The Balaban J connectivity index is 0.000000444. The van der Waals surface area contributed by atoms with Crippen molar-refractivity contribution in [1.29, 1.82) is 0 Å². The third-order valence-corrected chi connectivity index (χ3v) is 6.15. The van der Waals surface area contributed by atoms with Gasteiger partial charge in [-0.2, -0.15) is 5.10 Å².